The van der Waals surface area contributed by atoms with Gasteiger partial charge in [-0.2, -0.15) is 0 Å². The van der Waals surface area contributed by atoms with E-state index in [-0.39, 0.29) is 0 Å². The summed E-state index contributed by atoms with van der Waals surface area (Å²) in [6, 6.07) is 21.2. The summed E-state index contributed by atoms with van der Waals surface area (Å²) >= 11 is 0. The minimum absolute atomic E-state index is 0.315. The quantitative estimate of drug-likeness (QED) is 0.138. The Morgan fingerprint density at radius 2 is 1.29 bits per heavy atom. The van der Waals surface area contributed by atoms with Gasteiger partial charge in [-0.05, 0) is 62.6 Å². The summed E-state index contributed by atoms with van der Waals surface area (Å²) in [7, 11) is 0.189. The molecule has 1 unspecified atom stereocenters. The summed E-state index contributed by atoms with van der Waals surface area (Å²) in [6.45, 7) is 10.9. The maximum absolute atomic E-state index is 14.4. The average Bonchev–Trinajstić information content (AvgIpc) is 2.98. The number of nitrogens with zero attached hydrogens (tertiary/aromatic N) is 2. The molecule has 0 fully saturated rings. The van der Waals surface area contributed by atoms with Crippen molar-refractivity contribution in [3.8, 4) is 5.75 Å². The standard InChI is InChI=1S/C36H52N2O3S/c1-7-10-12-14-26-38(27-15-13-11-8-2)32-22-25-34(35(28-32)41-9-3)36(30-18-20-31(21-19-30)37(5)6)42(39,40)33-23-16-29(4)17-24-33/h16-25,28,36H,7-15,26-27H2,1-6H3. The molecule has 0 spiro atoms. The fourth-order valence-corrected chi connectivity index (χ4v) is 7.21. The van der Waals surface area contributed by atoms with Crippen LogP contribution >= 0.6 is 0 Å². The third kappa shape index (κ3) is 9.00. The van der Waals surface area contributed by atoms with E-state index in [1.807, 2.05) is 75.3 Å². The molecule has 6 heteroatoms. The van der Waals surface area contributed by atoms with Crippen molar-refractivity contribution in [1.82, 2.24) is 0 Å². The van der Waals surface area contributed by atoms with Crippen molar-refractivity contribution >= 4 is 21.2 Å². The summed E-state index contributed by atoms with van der Waals surface area (Å²) in [5.74, 6) is 0.638. The molecule has 0 aliphatic heterocycles. The van der Waals surface area contributed by atoms with Gasteiger partial charge in [-0.25, -0.2) is 8.42 Å². The minimum Gasteiger partial charge on any atom is -0.493 e. The molecule has 5 nitrogen and oxygen atoms in total. The molecule has 0 radical (unpaired) electrons. The van der Waals surface area contributed by atoms with Crippen molar-refractivity contribution in [2.24, 2.45) is 0 Å². The first-order valence-corrected chi connectivity index (χ1v) is 17.4. The summed E-state index contributed by atoms with van der Waals surface area (Å²) < 4.78 is 35.0. The van der Waals surface area contributed by atoms with Crippen LogP contribution in [-0.4, -0.2) is 42.2 Å². The van der Waals surface area contributed by atoms with Gasteiger partial charge in [-0.3, -0.25) is 0 Å². The molecule has 0 N–H and O–H groups in total. The zero-order chi connectivity index (χ0) is 30.5. The van der Waals surface area contributed by atoms with Crippen LogP contribution in [0.25, 0.3) is 0 Å². The zero-order valence-electron chi connectivity index (χ0n) is 26.7. The summed E-state index contributed by atoms with van der Waals surface area (Å²) in [4.78, 5) is 4.80. The van der Waals surface area contributed by atoms with Gasteiger partial charge in [0.05, 0.1) is 11.5 Å². The Labute approximate surface area is 255 Å². The molecule has 0 aliphatic rings. The van der Waals surface area contributed by atoms with Gasteiger partial charge >= 0.3 is 0 Å². The Balaban J connectivity index is 2.10. The third-order valence-electron chi connectivity index (χ3n) is 7.88. The average molecular weight is 593 g/mol. The van der Waals surface area contributed by atoms with Crippen LogP contribution in [0.4, 0.5) is 11.4 Å². The van der Waals surface area contributed by atoms with E-state index in [2.05, 4.69) is 30.9 Å². The fraction of sp³-hybridized carbons (Fsp3) is 0.500. The van der Waals surface area contributed by atoms with Crippen LogP contribution in [0, 0.1) is 6.92 Å². The molecule has 0 saturated carbocycles. The number of aryl methyl sites for hydroxylation is 1. The van der Waals surface area contributed by atoms with Gasteiger partial charge in [0, 0.05) is 50.2 Å². The lowest BCUT2D eigenvalue weighted by Gasteiger charge is -2.28. The highest BCUT2D eigenvalue weighted by Gasteiger charge is 2.33. The van der Waals surface area contributed by atoms with E-state index in [0.717, 1.165) is 48.4 Å². The van der Waals surface area contributed by atoms with Crippen LogP contribution in [0.15, 0.2) is 71.6 Å². The van der Waals surface area contributed by atoms with E-state index < -0.39 is 15.1 Å². The van der Waals surface area contributed by atoms with Crippen LogP contribution in [0.1, 0.15) is 94.1 Å². The second-order valence-electron chi connectivity index (χ2n) is 11.5. The number of unbranched alkanes of at least 4 members (excludes halogenated alkanes) is 6. The fourth-order valence-electron chi connectivity index (χ4n) is 5.38. The summed E-state index contributed by atoms with van der Waals surface area (Å²) in [5.41, 5.74) is 4.55. The Bertz CT molecular complexity index is 1310. The number of hydrogen-bond donors (Lipinski definition) is 0. The first-order chi connectivity index (χ1) is 20.2. The molecule has 42 heavy (non-hydrogen) atoms. The Hall–Kier alpha value is -2.99. The van der Waals surface area contributed by atoms with Gasteiger partial charge in [0.15, 0.2) is 9.84 Å². The van der Waals surface area contributed by atoms with Crippen LogP contribution in [0.5, 0.6) is 5.75 Å². The smallest absolute Gasteiger partial charge is 0.189 e. The topological polar surface area (TPSA) is 49.9 Å². The van der Waals surface area contributed by atoms with Gasteiger partial charge in [0.1, 0.15) is 11.0 Å². The lowest BCUT2D eigenvalue weighted by molar-refractivity contribution is 0.336. The number of benzene rings is 3. The number of rotatable bonds is 18. The van der Waals surface area contributed by atoms with Crippen LogP contribution in [0.2, 0.25) is 0 Å². The first kappa shape index (κ1) is 33.5. The number of anilines is 2. The molecule has 0 heterocycles. The molecule has 0 saturated heterocycles. The molecule has 0 aromatic heterocycles. The number of ether oxygens (including phenoxy) is 1. The van der Waals surface area contributed by atoms with Gasteiger partial charge < -0.3 is 14.5 Å². The molecular formula is C36H52N2O3S. The second-order valence-corrected chi connectivity index (χ2v) is 13.5. The van der Waals surface area contributed by atoms with Crippen LogP contribution in [-0.2, 0) is 9.84 Å². The van der Waals surface area contributed by atoms with Crippen molar-refractivity contribution in [2.45, 2.75) is 89.2 Å². The van der Waals surface area contributed by atoms with E-state index in [1.165, 1.54) is 38.5 Å². The second kappa shape index (κ2) is 16.6. The zero-order valence-corrected chi connectivity index (χ0v) is 27.6. The van der Waals surface area contributed by atoms with E-state index in [1.54, 1.807) is 12.1 Å². The molecule has 1 atom stereocenters. The molecule has 3 rings (SSSR count). The van der Waals surface area contributed by atoms with E-state index in [9.17, 15) is 8.42 Å². The van der Waals surface area contributed by atoms with Crippen molar-refractivity contribution in [3.63, 3.8) is 0 Å². The molecule has 3 aromatic rings. The summed E-state index contributed by atoms with van der Waals surface area (Å²) in [5, 5.41) is -0.894. The number of sulfone groups is 1. The van der Waals surface area contributed by atoms with Crippen molar-refractivity contribution < 1.29 is 13.2 Å². The van der Waals surface area contributed by atoms with E-state index >= 15 is 0 Å². The SMILES string of the molecule is CCCCCCN(CCCCCC)c1ccc(C(c2ccc(N(C)C)cc2)S(=O)(=O)c2ccc(C)cc2)c(OCC)c1. The Morgan fingerprint density at radius 3 is 1.81 bits per heavy atom. The van der Waals surface area contributed by atoms with E-state index in [4.69, 9.17) is 4.74 Å². The van der Waals surface area contributed by atoms with Crippen molar-refractivity contribution in [3.05, 3.63) is 83.4 Å². The van der Waals surface area contributed by atoms with Crippen molar-refractivity contribution in [2.75, 3.05) is 43.6 Å². The van der Waals surface area contributed by atoms with Gasteiger partial charge in [-0.15, -0.1) is 0 Å². The highest BCUT2D eigenvalue weighted by molar-refractivity contribution is 7.92. The van der Waals surface area contributed by atoms with E-state index in [0.29, 0.717) is 22.8 Å². The predicted molar refractivity (Wildman–Crippen MR) is 179 cm³/mol. The normalized spacial score (nSPS) is 12.2. The van der Waals surface area contributed by atoms with Gasteiger partial charge in [-0.1, -0.05) is 88.3 Å². The largest absolute Gasteiger partial charge is 0.493 e. The molecule has 3 aromatic carbocycles. The lowest BCUT2D eigenvalue weighted by Crippen LogP contribution is -2.26. The highest BCUT2D eigenvalue weighted by atomic mass is 32.2. The number of hydrogen-bond acceptors (Lipinski definition) is 5. The molecule has 0 amide bonds. The molecular weight excluding hydrogens is 540 g/mol. The summed E-state index contributed by atoms with van der Waals surface area (Å²) in [6.07, 6.45) is 9.66. The Kier molecular flexibility index (Phi) is 13.2. The van der Waals surface area contributed by atoms with Crippen molar-refractivity contribution in [1.29, 1.82) is 0 Å². The first-order valence-electron chi connectivity index (χ1n) is 15.8. The van der Waals surface area contributed by atoms with Gasteiger partial charge in [0.2, 0.25) is 0 Å². The predicted octanol–water partition coefficient (Wildman–Crippen LogP) is 8.99. The molecule has 230 valence electrons. The van der Waals surface area contributed by atoms with Crippen LogP contribution < -0.4 is 14.5 Å². The van der Waals surface area contributed by atoms with Gasteiger partial charge in [0.25, 0.3) is 0 Å². The third-order valence-corrected chi connectivity index (χ3v) is 9.96. The highest BCUT2D eigenvalue weighted by Crippen LogP contribution is 2.41. The maximum Gasteiger partial charge on any atom is 0.189 e. The molecule has 0 aliphatic carbocycles. The minimum atomic E-state index is -3.78. The molecule has 0 bridgehead atoms. The van der Waals surface area contributed by atoms with Crippen LogP contribution in [0.3, 0.4) is 0 Å². The monoisotopic (exact) mass is 592 g/mol. The lowest BCUT2D eigenvalue weighted by atomic mass is 10.0. The maximum atomic E-state index is 14.4. The Morgan fingerprint density at radius 1 is 0.714 bits per heavy atom.